The van der Waals surface area contributed by atoms with Gasteiger partial charge in [0, 0.05) is 19.5 Å². The Balaban J connectivity index is 1.95. The van der Waals surface area contributed by atoms with Gasteiger partial charge in [-0.25, -0.2) is 4.98 Å². The molecule has 1 fully saturated rings. The lowest BCUT2D eigenvalue weighted by Gasteiger charge is -2.27. The number of aryl methyl sites for hydroxylation is 2. The topological polar surface area (TPSA) is 67.6 Å². The molecule has 0 saturated carbocycles. The van der Waals surface area contributed by atoms with Crippen molar-refractivity contribution in [2.24, 2.45) is 0 Å². The number of fused-ring (bicyclic) bond motifs is 1. The van der Waals surface area contributed by atoms with Gasteiger partial charge in [-0.15, -0.1) is 0 Å². The van der Waals surface area contributed by atoms with Gasteiger partial charge in [-0.3, -0.25) is 4.79 Å². The summed E-state index contributed by atoms with van der Waals surface area (Å²) in [6.07, 6.45) is 0.448. The third-order valence-corrected chi connectivity index (χ3v) is 4.44. The molecule has 3 rings (SSSR count). The standard InChI is InChI=1S/C17H23N3O3/c1-12-9-14-15(10-13(12)2)20(16(18-14)3-6-21)11-17(22)19-4-7-23-8-5-19/h9-10,21H,3-8,11H2,1-2H3. The molecule has 0 spiro atoms. The van der Waals surface area contributed by atoms with Crippen molar-refractivity contribution in [3.63, 3.8) is 0 Å². The summed E-state index contributed by atoms with van der Waals surface area (Å²) in [5, 5.41) is 9.30. The largest absolute Gasteiger partial charge is 0.396 e. The Bertz CT molecular complexity index is 717. The molecule has 0 radical (unpaired) electrons. The first-order chi connectivity index (χ1) is 11.1. The summed E-state index contributed by atoms with van der Waals surface area (Å²) < 4.78 is 7.24. The molecule has 1 aromatic heterocycles. The van der Waals surface area contributed by atoms with E-state index in [1.165, 1.54) is 11.1 Å². The second kappa shape index (κ2) is 6.68. The number of ether oxygens (including phenoxy) is 1. The van der Waals surface area contributed by atoms with Gasteiger partial charge in [-0.2, -0.15) is 0 Å². The van der Waals surface area contributed by atoms with Crippen LogP contribution in [0.3, 0.4) is 0 Å². The van der Waals surface area contributed by atoms with Crippen LogP contribution in [-0.2, 0) is 22.5 Å². The van der Waals surface area contributed by atoms with E-state index in [2.05, 4.69) is 24.9 Å². The van der Waals surface area contributed by atoms with E-state index in [1.54, 1.807) is 0 Å². The molecular weight excluding hydrogens is 294 g/mol. The monoisotopic (exact) mass is 317 g/mol. The van der Waals surface area contributed by atoms with E-state index in [0.29, 0.717) is 32.7 Å². The average molecular weight is 317 g/mol. The number of carbonyl (C=O) groups is 1. The summed E-state index contributed by atoms with van der Waals surface area (Å²) in [6, 6.07) is 4.12. The van der Waals surface area contributed by atoms with Crippen LogP contribution >= 0.6 is 0 Å². The van der Waals surface area contributed by atoms with Gasteiger partial charge in [-0.05, 0) is 37.1 Å². The molecule has 2 heterocycles. The molecule has 1 N–H and O–H groups in total. The van der Waals surface area contributed by atoms with E-state index in [1.807, 2.05) is 15.5 Å². The normalized spacial score (nSPS) is 15.3. The fourth-order valence-corrected chi connectivity index (χ4v) is 2.95. The number of aromatic nitrogens is 2. The number of imidazole rings is 1. The van der Waals surface area contributed by atoms with Crippen molar-refractivity contribution in [2.45, 2.75) is 26.8 Å². The van der Waals surface area contributed by atoms with E-state index in [0.717, 1.165) is 16.9 Å². The highest BCUT2D eigenvalue weighted by Gasteiger charge is 2.20. The Morgan fingerprint density at radius 2 is 1.96 bits per heavy atom. The van der Waals surface area contributed by atoms with Crippen LogP contribution in [0, 0.1) is 13.8 Å². The number of hydrogen-bond acceptors (Lipinski definition) is 4. The average Bonchev–Trinajstić information content (AvgIpc) is 2.86. The zero-order chi connectivity index (χ0) is 16.4. The number of nitrogens with zero attached hydrogens (tertiary/aromatic N) is 3. The van der Waals surface area contributed by atoms with Crippen molar-refractivity contribution in [1.82, 2.24) is 14.5 Å². The third kappa shape index (κ3) is 3.23. The van der Waals surface area contributed by atoms with Crippen molar-refractivity contribution in [3.05, 3.63) is 29.1 Å². The minimum absolute atomic E-state index is 0.0209. The molecule has 23 heavy (non-hydrogen) atoms. The molecule has 1 saturated heterocycles. The first kappa shape index (κ1) is 16.0. The molecule has 0 bridgehead atoms. The summed E-state index contributed by atoms with van der Waals surface area (Å²) in [4.78, 5) is 19.0. The number of morpholine rings is 1. The molecule has 6 heteroatoms. The summed E-state index contributed by atoms with van der Waals surface area (Å²) in [7, 11) is 0. The number of aliphatic hydroxyl groups excluding tert-OH is 1. The van der Waals surface area contributed by atoms with Gasteiger partial charge in [0.1, 0.15) is 12.4 Å². The van der Waals surface area contributed by atoms with Crippen LogP contribution in [0.4, 0.5) is 0 Å². The molecule has 2 aromatic rings. The second-order valence-electron chi connectivity index (χ2n) is 6.01. The predicted molar refractivity (Wildman–Crippen MR) is 87.4 cm³/mol. The number of hydrogen-bond donors (Lipinski definition) is 1. The van der Waals surface area contributed by atoms with E-state index in [9.17, 15) is 9.90 Å². The zero-order valence-corrected chi connectivity index (χ0v) is 13.7. The Morgan fingerprint density at radius 3 is 2.65 bits per heavy atom. The molecule has 0 atom stereocenters. The predicted octanol–water partition coefficient (Wildman–Crippen LogP) is 1.05. The van der Waals surface area contributed by atoms with Crippen molar-refractivity contribution in [1.29, 1.82) is 0 Å². The molecule has 1 aromatic carbocycles. The Hall–Kier alpha value is -1.92. The van der Waals surface area contributed by atoms with Crippen LogP contribution in [0.5, 0.6) is 0 Å². The number of amides is 1. The lowest BCUT2D eigenvalue weighted by molar-refractivity contribution is -0.135. The van der Waals surface area contributed by atoms with Gasteiger partial charge in [0.2, 0.25) is 5.91 Å². The molecule has 124 valence electrons. The van der Waals surface area contributed by atoms with E-state index in [4.69, 9.17) is 4.74 Å². The third-order valence-electron chi connectivity index (χ3n) is 4.44. The van der Waals surface area contributed by atoms with Crippen molar-refractivity contribution in [3.8, 4) is 0 Å². The minimum atomic E-state index is 0.0209. The molecule has 1 amide bonds. The zero-order valence-electron chi connectivity index (χ0n) is 13.7. The van der Waals surface area contributed by atoms with Crippen LogP contribution in [-0.4, -0.2) is 58.4 Å². The van der Waals surface area contributed by atoms with Crippen LogP contribution in [0.2, 0.25) is 0 Å². The van der Waals surface area contributed by atoms with Crippen molar-refractivity contribution < 1.29 is 14.6 Å². The first-order valence-electron chi connectivity index (χ1n) is 8.03. The fourth-order valence-electron chi connectivity index (χ4n) is 2.95. The van der Waals surface area contributed by atoms with E-state index in [-0.39, 0.29) is 19.1 Å². The molecule has 6 nitrogen and oxygen atoms in total. The number of benzene rings is 1. The van der Waals surface area contributed by atoms with Gasteiger partial charge in [0.15, 0.2) is 0 Å². The van der Waals surface area contributed by atoms with Crippen LogP contribution in [0.15, 0.2) is 12.1 Å². The SMILES string of the molecule is Cc1cc2nc(CCO)n(CC(=O)N3CCOCC3)c2cc1C. The number of rotatable bonds is 4. The van der Waals surface area contributed by atoms with Gasteiger partial charge >= 0.3 is 0 Å². The quantitative estimate of drug-likeness (QED) is 0.915. The van der Waals surface area contributed by atoms with Crippen LogP contribution in [0.1, 0.15) is 17.0 Å². The lowest BCUT2D eigenvalue weighted by Crippen LogP contribution is -2.42. The number of carbonyl (C=O) groups excluding carboxylic acids is 1. The molecule has 0 unspecified atom stereocenters. The maximum atomic E-state index is 12.6. The Kier molecular flexibility index (Phi) is 4.63. The maximum Gasteiger partial charge on any atom is 0.242 e. The van der Waals surface area contributed by atoms with Gasteiger partial charge in [0.25, 0.3) is 0 Å². The first-order valence-corrected chi connectivity index (χ1v) is 8.03. The summed E-state index contributed by atoms with van der Waals surface area (Å²) in [6.45, 7) is 6.86. The second-order valence-corrected chi connectivity index (χ2v) is 6.01. The minimum Gasteiger partial charge on any atom is -0.396 e. The number of aliphatic hydroxyl groups is 1. The van der Waals surface area contributed by atoms with Crippen LogP contribution in [0.25, 0.3) is 11.0 Å². The highest BCUT2D eigenvalue weighted by Crippen LogP contribution is 2.21. The Morgan fingerprint density at radius 1 is 1.26 bits per heavy atom. The van der Waals surface area contributed by atoms with E-state index >= 15 is 0 Å². The highest BCUT2D eigenvalue weighted by atomic mass is 16.5. The van der Waals surface area contributed by atoms with Gasteiger partial charge in [-0.1, -0.05) is 0 Å². The maximum absolute atomic E-state index is 12.6. The van der Waals surface area contributed by atoms with Gasteiger partial charge in [0.05, 0.1) is 30.9 Å². The summed E-state index contributed by atoms with van der Waals surface area (Å²) >= 11 is 0. The lowest BCUT2D eigenvalue weighted by atomic mass is 10.1. The fraction of sp³-hybridized carbons (Fsp3) is 0.529. The molecule has 0 aliphatic carbocycles. The van der Waals surface area contributed by atoms with Gasteiger partial charge < -0.3 is 19.3 Å². The highest BCUT2D eigenvalue weighted by molar-refractivity contribution is 5.82. The summed E-state index contributed by atoms with van der Waals surface area (Å²) in [5.74, 6) is 0.833. The molecular formula is C17H23N3O3. The van der Waals surface area contributed by atoms with Crippen molar-refractivity contribution in [2.75, 3.05) is 32.9 Å². The molecule has 1 aliphatic rings. The van der Waals surface area contributed by atoms with E-state index < -0.39 is 0 Å². The summed E-state index contributed by atoms with van der Waals surface area (Å²) in [5.41, 5.74) is 4.19. The van der Waals surface area contributed by atoms with Crippen molar-refractivity contribution >= 4 is 16.9 Å². The Labute approximate surface area is 135 Å². The van der Waals surface area contributed by atoms with Crippen LogP contribution < -0.4 is 0 Å². The smallest absolute Gasteiger partial charge is 0.242 e. The molecule has 1 aliphatic heterocycles.